The summed E-state index contributed by atoms with van der Waals surface area (Å²) >= 11 is 0. The minimum atomic E-state index is -0.555. The first-order chi connectivity index (χ1) is 16.4. The Kier molecular flexibility index (Phi) is 7.05. The van der Waals surface area contributed by atoms with E-state index >= 15 is 0 Å². The van der Waals surface area contributed by atoms with E-state index in [4.69, 9.17) is 11.5 Å². The van der Waals surface area contributed by atoms with Crippen molar-refractivity contribution in [1.82, 2.24) is 19.4 Å². The first kappa shape index (κ1) is 23.2. The summed E-state index contributed by atoms with van der Waals surface area (Å²) in [7, 11) is 0. The highest BCUT2D eigenvalue weighted by molar-refractivity contribution is 5.97. The number of amides is 3. The average molecular weight is 464 g/mol. The van der Waals surface area contributed by atoms with Crippen LogP contribution in [0.15, 0.2) is 42.9 Å². The van der Waals surface area contributed by atoms with Crippen molar-refractivity contribution in [3.05, 3.63) is 54.0 Å². The normalized spacial score (nSPS) is 13.9. The van der Waals surface area contributed by atoms with Gasteiger partial charge >= 0.3 is 0 Å². The highest BCUT2D eigenvalue weighted by Gasteiger charge is 2.22. The number of hydrogen-bond donors (Lipinski definition) is 2. The van der Waals surface area contributed by atoms with Crippen molar-refractivity contribution >= 4 is 34.6 Å². The predicted molar refractivity (Wildman–Crippen MR) is 128 cm³/mol. The summed E-state index contributed by atoms with van der Waals surface area (Å²) < 4.78 is 2.13. The number of nitrogens with zero attached hydrogens (tertiary/aromatic N) is 5. The zero-order valence-electron chi connectivity index (χ0n) is 19.0. The quantitative estimate of drug-likeness (QED) is 0.461. The second-order valence-corrected chi connectivity index (χ2v) is 8.46. The van der Waals surface area contributed by atoms with Gasteiger partial charge in [0.15, 0.2) is 0 Å². The first-order valence-corrected chi connectivity index (χ1v) is 11.5. The molecule has 0 saturated carbocycles. The Labute approximate surface area is 197 Å². The zero-order valence-corrected chi connectivity index (χ0v) is 19.0. The van der Waals surface area contributed by atoms with E-state index in [0.717, 1.165) is 36.7 Å². The van der Waals surface area contributed by atoms with Crippen LogP contribution in [0.1, 0.15) is 46.4 Å². The molecule has 10 heteroatoms. The molecule has 4 N–H and O–H groups in total. The van der Waals surface area contributed by atoms with Gasteiger partial charge in [0.2, 0.25) is 17.8 Å². The molecule has 0 spiro atoms. The molecule has 3 amide bonds. The van der Waals surface area contributed by atoms with Gasteiger partial charge in [-0.15, -0.1) is 0 Å². The zero-order chi connectivity index (χ0) is 24.1. The van der Waals surface area contributed by atoms with E-state index in [0.29, 0.717) is 44.1 Å². The van der Waals surface area contributed by atoms with Crippen LogP contribution in [0.5, 0.6) is 0 Å². The minimum absolute atomic E-state index is 0.169. The molecule has 0 bridgehead atoms. The molecule has 1 aliphatic rings. The lowest BCUT2D eigenvalue weighted by atomic mass is 10.1. The molecule has 0 unspecified atom stereocenters. The van der Waals surface area contributed by atoms with Gasteiger partial charge in [-0.05, 0) is 36.4 Å². The molecule has 2 aromatic heterocycles. The lowest BCUT2D eigenvalue weighted by Crippen LogP contribution is -2.49. The molecule has 1 fully saturated rings. The van der Waals surface area contributed by atoms with Crippen LogP contribution in [-0.4, -0.2) is 63.3 Å². The van der Waals surface area contributed by atoms with Gasteiger partial charge < -0.3 is 25.8 Å². The molecule has 1 aromatic carbocycles. The Morgan fingerprint density at radius 1 is 0.853 bits per heavy atom. The maximum absolute atomic E-state index is 12.6. The lowest BCUT2D eigenvalue weighted by molar-refractivity contribution is -0.131. The van der Waals surface area contributed by atoms with Gasteiger partial charge in [-0.2, -0.15) is 0 Å². The molecule has 178 valence electrons. The smallest absolute Gasteiger partial charge is 0.251 e. The number of fused-ring (bicyclic) bond motifs is 1. The highest BCUT2D eigenvalue weighted by Crippen LogP contribution is 2.19. The van der Waals surface area contributed by atoms with Crippen LogP contribution < -0.4 is 16.4 Å². The van der Waals surface area contributed by atoms with E-state index in [2.05, 4.69) is 14.5 Å². The van der Waals surface area contributed by atoms with Crippen molar-refractivity contribution in [2.24, 2.45) is 11.5 Å². The van der Waals surface area contributed by atoms with Crippen LogP contribution in [0.3, 0.4) is 0 Å². The monoisotopic (exact) mass is 463 g/mol. The fraction of sp³-hybridized carbons (Fsp3) is 0.375. The van der Waals surface area contributed by atoms with Crippen LogP contribution in [0.25, 0.3) is 10.9 Å². The third-order valence-electron chi connectivity index (χ3n) is 6.19. The highest BCUT2D eigenvalue weighted by atomic mass is 16.2. The first-order valence-electron chi connectivity index (χ1n) is 11.5. The second-order valence-electron chi connectivity index (χ2n) is 8.46. The molecule has 1 aliphatic heterocycles. The Morgan fingerprint density at radius 2 is 1.56 bits per heavy atom. The van der Waals surface area contributed by atoms with Gasteiger partial charge in [0, 0.05) is 68.8 Å². The van der Waals surface area contributed by atoms with Crippen molar-refractivity contribution in [1.29, 1.82) is 0 Å². The van der Waals surface area contributed by atoms with E-state index in [1.165, 1.54) is 12.4 Å². The molecule has 10 nitrogen and oxygen atoms in total. The lowest BCUT2D eigenvalue weighted by Gasteiger charge is -2.34. The number of primary amides is 2. The summed E-state index contributed by atoms with van der Waals surface area (Å²) in [6.45, 7) is 3.37. The van der Waals surface area contributed by atoms with Crippen LogP contribution in [0, 0.1) is 0 Å². The van der Waals surface area contributed by atoms with Crippen molar-refractivity contribution < 1.29 is 14.4 Å². The number of hydrogen-bond acceptors (Lipinski definition) is 6. The van der Waals surface area contributed by atoms with Gasteiger partial charge in [0.1, 0.15) is 0 Å². The third kappa shape index (κ3) is 5.33. The molecule has 1 saturated heterocycles. The van der Waals surface area contributed by atoms with Gasteiger partial charge in [-0.25, -0.2) is 9.97 Å². The van der Waals surface area contributed by atoms with Gasteiger partial charge in [-0.3, -0.25) is 14.4 Å². The maximum atomic E-state index is 12.6. The third-order valence-corrected chi connectivity index (χ3v) is 6.19. The molecular weight excluding hydrogens is 434 g/mol. The SMILES string of the molecule is NC(=O)c1cnc(N2CCN(C(=O)CCCCCn3ccc4ccc(C(N)=O)cc43)CC2)nc1. The fourth-order valence-electron chi connectivity index (χ4n) is 4.19. The number of aryl methyl sites for hydroxylation is 1. The molecule has 0 atom stereocenters. The Balaban J connectivity index is 1.18. The van der Waals surface area contributed by atoms with E-state index in [1.807, 2.05) is 34.2 Å². The molecule has 3 aromatic rings. The maximum Gasteiger partial charge on any atom is 0.251 e. The Morgan fingerprint density at radius 3 is 2.24 bits per heavy atom. The number of aromatic nitrogens is 3. The summed E-state index contributed by atoms with van der Waals surface area (Å²) in [5.41, 5.74) is 12.4. The van der Waals surface area contributed by atoms with E-state index in [-0.39, 0.29) is 11.5 Å². The van der Waals surface area contributed by atoms with Gasteiger partial charge in [0.05, 0.1) is 5.56 Å². The molecule has 3 heterocycles. The van der Waals surface area contributed by atoms with Crippen molar-refractivity contribution in [2.45, 2.75) is 32.2 Å². The summed E-state index contributed by atoms with van der Waals surface area (Å²) in [4.78, 5) is 47.5. The number of anilines is 1. The van der Waals surface area contributed by atoms with Crippen molar-refractivity contribution in [2.75, 3.05) is 31.1 Å². The fourth-order valence-corrected chi connectivity index (χ4v) is 4.19. The Bertz CT molecular complexity index is 1180. The predicted octanol–water partition coefficient (Wildman–Crippen LogP) is 1.54. The van der Waals surface area contributed by atoms with Crippen LogP contribution in [-0.2, 0) is 11.3 Å². The molecule has 0 aliphatic carbocycles. The number of carbonyl (C=O) groups excluding carboxylic acids is 3. The number of rotatable bonds is 9. The van der Waals surface area contributed by atoms with Crippen molar-refractivity contribution in [3.63, 3.8) is 0 Å². The average Bonchev–Trinajstić information content (AvgIpc) is 3.26. The number of benzene rings is 1. The molecular formula is C24H29N7O3. The number of carbonyl (C=O) groups is 3. The summed E-state index contributed by atoms with van der Waals surface area (Å²) in [6.07, 6.45) is 8.13. The summed E-state index contributed by atoms with van der Waals surface area (Å²) in [5, 5.41) is 1.08. The minimum Gasteiger partial charge on any atom is -0.366 e. The van der Waals surface area contributed by atoms with Gasteiger partial charge in [0.25, 0.3) is 5.91 Å². The number of nitrogens with two attached hydrogens (primary N) is 2. The Hall–Kier alpha value is -3.95. The molecule has 0 radical (unpaired) electrons. The standard InChI is InChI=1S/C24H29N7O3/c25-22(33)18-6-5-17-7-9-29(20(17)14-18)8-3-1-2-4-21(32)30-10-12-31(13-11-30)24-27-15-19(16-28-24)23(26)34/h5-7,9,14-16H,1-4,8,10-13H2,(H2,25,33)(H2,26,34). The number of piperazine rings is 1. The summed E-state index contributed by atoms with van der Waals surface area (Å²) in [6, 6.07) is 7.51. The van der Waals surface area contributed by atoms with Crippen LogP contribution >= 0.6 is 0 Å². The van der Waals surface area contributed by atoms with E-state index < -0.39 is 11.8 Å². The molecule has 34 heavy (non-hydrogen) atoms. The second kappa shape index (κ2) is 10.3. The van der Waals surface area contributed by atoms with Crippen LogP contribution in [0.2, 0.25) is 0 Å². The van der Waals surface area contributed by atoms with Crippen LogP contribution in [0.4, 0.5) is 5.95 Å². The van der Waals surface area contributed by atoms with Gasteiger partial charge in [-0.1, -0.05) is 12.5 Å². The van der Waals surface area contributed by atoms with Crippen molar-refractivity contribution in [3.8, 4) is 0 Å². The molecule has 4 rings (SSSR count). The largest absolute Gasteiger partial charge is 0.366 e. The summed E-state index contributed by atoms with van der Waals surface area (Å²) in [5.74, 6) is -0.275. The van der Waals surface area contributed by atoms with E-state index in [1.54, 1.807) is 6.07 Å². The topological polar surface area (TPSA) is 140 Å². The van der Waals surface area contributed by atoms with E-state index in [9.17, 15) is 14.4 Å². The number of unbranched alkanes of at least 4 members (excludes halogenated alkanes) is 2.